The van der Waals surface area contributed by atoms with Crippen LogP contribution in [0.1, 0.15) is 32.6 Å². The van der Waals surface area contributed by atoms with Crippen molar-refractivity contribution in [2.45, 2.75) is 38.6 Å². The maximum absolute atomic E-state index is 11.8. The summed E-state index contributed by atoms with van der Waals surface area (Å²) in [5, 5.41) is 2.98. The van der Waals surface area contributed by atoms with E-state index in [2.05, 4.69) is 10.1 Å². The van der Waals surface area contributed by atoms with Gasteiger partial charge >= 0.3 is 5.97 Å². The number of amides is 1. The van der Waals surface area contributed by atoms with E-state index in [-0.39, 0.29) is 17.9 Å². The van der Waals surface area contributed by atoms with Gasteiger partial charge < -0.3 is 15.0 Å². The van der Waals surface area contributed by atoms with Crippen molar-refractivity contribution < 1.29 is 14.3 Å². The zero-order valence-corrected chi connectivity index (χ0v) is 10.7. The molecule has 0 spiro atoms. The number of ether oxygens (including phenoxy) is 1. The van der Waals surface area contributed by atoms with E-state index >= 15 is 0 Å². The van der Waals surface area contributed by atoms with Crippen LogP contribution in [0.4, 0.5) is 0 Å². The third-order valence-corrected chi connectivity index (χ3v) is 3.05. The molecule has 1 heterocycles. The second kappa shape index (κ2) is 7.27. The Morgan fingerprint density at radius 1 is 1.29 bits per heavy atom. The molecule has 0 aromatic rings. The first-order valence-electron chi connectivity index (χ1n) is 6.24. The lowest BCUT2D eigenvalue weighted by molar-refractivity contribution is -0.143. The Bertz CT molecular complexity index is 262. The number of methoxy groups -OCH3 is 1. The molecule has 0 radical (unpaired) electrons. The Kier molecular flexibility index (Phi) is 5.97. The first-order valence-corrected chi connectivity index (χ1v) is 6.24. The van der Waals surface area contributed by atoms with Crippen LogP contribution in [0.15, 0.2) is 0 Å². The van der Waals surface area contributed by atoms with E-state index in [1.807, 2.05) is 4.90 Å². The SMILES string of the molecule is COC(=O)C(C)NCCC(=O)N1CCCCC1. The van der Waals surface area contributed by atoms with Gasteiger partial charge in [0.05, 0.1) is 7.11 Å². The molecule has 0 aliphatic carbocycles. The van der Waals surface area contributed by atoms with Crippen molar-refractivity contribution in [2.24, 2.45) is 0 Å². The molecule has 98 valence electrons. The molecule has 17 heavy (non-hydrogen) atoms. The highest BCUT2D eigenvalue weighted by molar-refractivity contribution is 5.77. The lowest BCUT2D eigenvalue weighted by Gasteiger charge is -2.26. The Hall–Kier alpha value is -1.10. The molecule has 1 rings (SSSR count). The molecular formula is C12H22N2O3. The molecule has 1 fully saturated rings. The highest BCUT2D eigenvalue weighted by Crippen LogP contribution is 2.09. The summed E-state index contributed by atoms with van der Waals surface area (Å²) in [5.41, 5.74) is 0. The fourth-order valence-electron chi connectivity index (χ4n) is 1.96. The lowest BCUT2D eigenvalue weighted by Crippen LogP contribution is -2.40. The van der Waals surface area contributed by atoms with Gasteiger partial charge in [-0.2, -0.15) is 0 Å². The van der Waals surface area contributed by atoms with Crippen LogP contribution in [0.2, 0.25) is 0 Å². The van der Waals surface area contributed by atoms with E-state index in [1.165, 1.54) is 13.5 Å². The minimum absolute atomic E-state index is 0.175. The van der Waals surface area contributed by atoms with Crippen molar-refractivity contribution in [3.05, 3.63) is 0 Å². The monoisotopic (exact) mass is 242 g/mol. The summed E-state index contributed by atoms with van der Waals surface area (Å²) in [7, 11) is 1.36. The van der Waals surface area contributed by atoms with Gasteiger partial charge in [-0.3, -0.25) is 9.59 Å². The summed E-state index contributed by atoms with van der Waals surface area (Å²) in [6, 6.07) is -0.353. The molecule has 1 N–H and O–H groups in total. The lowest BCUT2D eigenvalue weighted by atomic mass is 10.1. The molecule has 1 unspecified atom stereocenters. The number of piperidine rings is 1. The van der Waals surface area contributed by atoms with Gasteiger partial charge in [0.25, 0.3) is 0 Å². The molecule has 1 aliphatic rings. The fraction of sp³-hybridized carbons (Fsp3) is 0.833. The van der Waals surface area contributed by atoms with Gasteiger partial charge in [0.1, 0.15) is 6.04 Å². The van der Waals surface area contributed by atoms with Gasteiger partial charge in [-0.05, 0) is 26.2 Å². The van der Waals surface area contributed by atoms with E-state index < -0.39 is 0 Å². The van der Waals surface area contributed by atoms with E-state index in [0.717, 1.165) is 25.9 Å². The highest BCUT2D eigenvalue weighted by atomic mass is 16.5. The number of esters is 1. The Morgan fingerprint density at radius 2 is 1.94 bits per heavy atom. The highest BCUT2D eigenvalue weighted by Gasteiger charge is 2.17. The molecule has 5 nitrogen and oxygen atoms in total. The maximum atomic E-state index is 11.8. The van der Waals surface area contributed by atoms with Gasteiger partial charge in [-0.25, -0.2) is 0 Å². The summed E-state index contributed by atoms with van der Waals surface area (Å²) in [6.07, 6.45) is 3.89. The molecule has 0 saturated carbocycles. The number of hydrogen-bond donors (Lipinski definition) is 1. The minimum atomic E-state index is -0.353. The van der Waals surface area contributed by atoms with Gasteiger partial charge in [-0.15, -0.1) is 0 Å². The molecule has 1 atom stereocenters. The van der Waals surface area contributed by atoms with Crippen molar-refractivity contribution in [3.63, 3.8) is 0 Å². The van der Waals surface area contributed by atoms with Crippen LogP contribution in [-0.2, 0) is 14.3 Å². The summed E-state index contributed by atoms with van der Waals surface area (Å²) < 4.78 is 4.59. The second-order valence-corrected chi connectivity index (χ2v) is 4.39. The van der Waals surface area contributed by atoms with E-state index in [1.54, 1.807) is 6.92 Å². The predicted octanol–water partition coefficient (Wildman–Crippen LogP) is 0.540. The van der Waals surface area contributed by atoms with Crippen molar-refractivity contribution in [3.8, 4) is 0 Å². The van der Waals surface area contributed by atoms with Gasteiger partial charge in [0.15, 0.2) is 0 Å². The summed E-state index contributed by atoms with van der Waals surface area (Å²) >= 11 is 0. The molecule has 0 aromatic carbocycles. The number of nitrogens with one attached hydrogen (secondary N) is 1. The van der Waals surface area contributed by atoms with Crippen LogP contribution in [-0.4, -0.2) is 49.6 Å². The molecule has 0 aromatic heterocycles. The largest absolute Gasteiger partial charge is 0.468 e. The van der Waals surface area contributed by atoms with Crippen LogP contribution in [0.25, 0.3) is 0 Å². The van der Waals surface area contributed by atoms with E-state index in [0.29, 0.717) is 13.0 Å². The minimum Gasteiger partial charge on any atom is -0.468 e. The molecule has 1 amide bonds. The van der Waals surface area contributed by atoms with Crippen molar-refractivity contribution >= 4 is 11.9 Å². The molecule has 1 aliphatic heterocycles. The normalized spacial score (nSPS) is 17.6. The van der Waals surface area contributed by atoms with Crippen LogP contribution >= 0.6 is 0 Å². The van der Waals surface area contributed by atoms with E-state index in [9.17, 15) is 9.59 Å². The number of carbonyl (C=O) groups excluding carboxylic acids is 2. The fourth-order valence-corrected chi connectivity index (χ4v) is 1.96. The third kappa shape index (κ3) is 4.73. The van der Waals surface area contributed by atoms with Crippen LogP contribution < -0.4 is 5.32 Å². The third-order valence-electron chi connectivity index (χ3n) is 3.05. The predicted molar refractivity (Wildman–Crippen MR) is 64.5 cm³/mol. The van der Waals surface area contributed by atoms with Gasteiger partial charge in [-0.1, -0.05) is 0 Å². The molecule has 5 heteroatoms. The first kappa shape index (κ1) is 14.0. The zero-order chi connectivity index (χ0) is 12.7. The number of likely N-dealkylation sites (tertiary alicyclic amines) is 1. The van der Waals surface area contributed by atoms with Crippen LogP contribution in [0.3, 0.4) is 0 Å². The summed E-state index contributed by atoms with van der Waals surface area (Å²) in [4.78, 5) is 24.8. The Labute approximate surface area is 102 Å². The average molecular weight is 242 g/mol. The number of nitrogens with zero attached hydrogens (tertiary/aromatic N) is 1. The Morgan fingerprint density at radius 3 is 2.53 bits per heavy atom. The zero-order valence-electron chi connectivity index (χ0n) is 10.7. The quantitative estimate of drug-likeness (QED) is 0.715. The van der Waals surface area contributed by atoms with Crippen molar-refractivity contribution in [1.29, 1.82) is 0 Å². The Balaban J connectivity index is 2.17. The summed E-state index contributed by atoms with van der Waals surface area (Å²) in [6.45, 7) is 4.01. The van der Waals surface area contributed by atoms with Crippen molar-refractivity contribution in [1.82, 2.24) is 10.2 Å². The van der Waals surface area contributed by atoms with Crippen molar-refractivity contribution in [2.75, 3.05) is 26.7 Å². The topological polar surface area (TPSA) is 58.6 Å². The number of rotatable bonds is 5. The van der Waals surface area contributed by atoms with E-state index in [4.69, 9.17) is 0 Å². The maximum Gasteiger partial charge on any atom is 0.322 e. The van der Waals surface area contributed by atoms with Crippen LogP contribution in [0, 0.1) is 0 Å². The first-order chi connectivity index (χ1) is 8.15. The number of carbonyl (C=O) groups is 2. The summed E-state index contributed by atoms with van der Waals surface area (Å²) in [5.74, 6) is -0.121. The molecular weight excluding hydrogens is 220 g/mol. The van der Waals surface area contributed by atoms with Crippen LogP contribution in [0.5, 0.6) is 0 Å². The smallest absolute Gasteiger partial charge is 0.322 e. The van der Waals surface area contributed by atoms with Gasteiger partial charge in [0.2, 0.25) is 5.91 Å². The molecule has 1 saturated heterocycles. The number of hydrogen-bond acceptors (Lipinski definition) is 4. The van der Waals surface area contributed by atoms with Gasteiger partial charge in [0, 0.05) is 26.1 Å². The average Bonchev–Trinajstić information content (AvgIpc) is 2.38. The second-order valence-electron chi connectivity index (χ2n) is 4.39. The molecule has 0 bridgehead atoms. The standard InChI is InChI=1S/C12H22N2O3/c1-10(12(16)17-2)13-7-6-11(15)14-8-4-3-5-9-14/h10,13H,3-9H2,1-2H3.